The second-order valence-corrected chi connectivity index (χ2v) is 3.20. The van der Waals surface area contributed by atoms with E-state index in [-0.39, 0.29) is 18.1 Å². The lowest BCUT2D eigenvalue weighted by atomic mass is 9.97. The molecule has 0 fully saturated rings. The lowest BCUT2D eigenvalue weighted by Gasteiger charge is -2.05. The Balaban J connectivity index is 3.59. The fourth-order valence-electron chi connectivity index (χ4n) is 1.33. The summed E-state index contributed by atoms with van der Waals surface area (Å²) in [6.07, 6.45) is 0.313. The Hall–Kier alpha value is -2.83. The molecule has 0 aliphatic carbocycles. The van der Waals surface area contributed by atoms with Gasteiger partial charge in [0.05, 0.1) is 5.56 Å². The highest BCUT2D eigenvalue weighted by Crippen LogP contribution is 2.16. The number of hydrogen-bond acceptors (Lipinski definition) is 5. The van der Waals surface area contributed by atoms with Crippen molar-refractivity contribution in [2.75, 3.05) is 0 Å². The molecule has 7 heteroatoms. The molecule has 0 aliphatic heterocycles. The largest absolute Gasteiger partial charge is 0.478 e. The minimum atomic E-state index is -1.81. The van der Waals surface area contributed by atoms with E-state index in [9.17, 15) is 24.0 Å². The summed E-state index contributed by atoms with van der Waals surface area (Å²) >= 11 is 0. The number of aromatic carboxylic acids is 1. The zero-order valence-electron chi connectivity index (χ0n) is 8.75. The molecule has 0 bridgehead atoms. The van der Waals surface area contributed by atoms with Gasteiger partial charge >= 0.3 is 11.9 Å². The Labute approximate surface area is 99.7 Å². The standard InChI is InChI=1S/C11H6O7/c12-3-5-2-8(10(15)16)6(4-13)1-7(5)9(14)11(17)18/h1-4H,(H,15,16)(H,17,18). The van der Waals surface area contributed by atoms with Gasteiger partial charge in [-0.05, 0) is 12.1 Å². The summed E-state index contributed by atoms with van der Waals surface area (Å²) in [6.45, 7) is 0. The zero-order chi connectivity index (χ0) is 13.9. The molecule has 1 aromatic rings. The zero-order valence-corrected chi connectivity index (χ0v) is 8.75. The highest BCUT2D eigenvalue weighted by Gasteiger charge is 2.22. The van der Waals surface area contributed by atoms with Gasteiger partial charge in [-0.2, -0.15) is 0 Å². The lowest BCUT2D eigenvalue weighted by molar-refractivity contribution is -0.131. The number of Topliss-reactive ketones (excluding diaryl/α,β-unsaturated/α-hetero) is 1. The maximum atomic E-state index is 11.3. The molecule has 0 amide bonds. The number of carboxylic acids is 2. The van der Waals surface area contributed by atoms with Crippen LogP contribution in [-0.2, 0) is 4.79 Å². The van der Waals surface area contributed by atoms with Crippen molar-refractivity contribution in [1.29, 1.82) is 0 Å². The number of carbonyl (C=O) groups is 5. The van der Waals surface area contributed by atoms with Crippen LogP contribution in [0.4, 0.5) is 0 Å². The van der Waals surface area contributed by atoms with Gasteiger partial charge in [-0.3, -0.25) is 14.4 Å². The van der Waals surface area contributed by atoms with Crippen LogP contribution >= 0.6 is 0 Å². The van der Waals surface area contributed by atoms with Gasteiger partial charge in [-0.25, -0.2) is 9.59 Å². The van der Waals surface area contributed by atoms with Crippen LogP contribution in [0, 0.1) is 0 Å². The molecule has 0 aromatic heterocycles. The molecule has 0 radical (unpaired) electrons. The average molecular weight is 250 g/mol. The molecule has 92 valence electrons. The van der Waals surface area contributed by atoms with Crippen LogP contribution in [0.15, 0.2) is 12.1 Å². The van der Waals surface area contributed by atoms with Crippen molar-refractivity contribution in [1.82, 2.24) is 0 Å². The van der Waals surface area contributed by atoms with Crippen molar-refractivity contribution in [3.63, 3.8) is 0 Å². The molecule has 0 spiro atoms. The third-order valence-corrected chi connectivity index (χ3v) is 2.14. The number of hydrogen-bond donors (Lipinski definition) is 2. The van der Waals surface area contributed by atoms with Gasteiger partial charge in [0.1, 0.15) is 0 Å². The molecule has 0 unspecified atom stereocenters. The molecular formula is C11H6O7. The first-order valence-electron chi connectivity index (χ1n) is 4.51. The number of carbonyl (C=O) groups excluding carboxylic acids is 3. The van der Waals surface area contributed by atoms with E-state index in [0.717, 1.165) is 12.1 Å². The summed E-state index contributed by atoms with van der Waals surface area (Å²) in [5, 5.41) is 17.3. The Morgan fingerprint density at radius 1 is 0.889 bits per heavy atom. The molecule has 0 saturated heterocycles. The van der Waals surface area contributed by atoms with E-state index < -0.39 is 34.4 Å². The van der Waals surface area contributed by atoms with Crippen molar-refractivity contribution in [2.24, 2.45) is 0 Å². The second kappa shape index (κ2) is 5.00. The molecule has 1 aromatic carbocycles. The maximum absolute atomic E-state index is 11.3. The van der Waals surface area contributed by atoms with Gasteiger partial charge in [0.15, 0.2) is 12.6 Å². The third kappa shape index (κ3) is 2.29. The van der Waals surface area contributed by atoms with E-state index >= 15 is 0 Å². The number of ketones is 1. The summed E-state index contributed by atoms with van der Waals surface area (Å²) in [5.41, 5.74) is -1.78. The van der Waals surface area contributed by atoms with E-state index in [1.165, 1.54) is 0 Å². The molecule has 0 saturated carbocycles. The maximum Gasteiger partial charge on any atom is 0.377 e. The Kier molecular flexibility index (Phi) is 3.68. The highest BCUT2D eigenvalue weighted by atomic mass is 16.4. The number of aldehydes is 2. The molecule has 0 aliphatic rings. The fraction of sp³-hybridized carbons (Fsp3) is 0. The monoisotopic (exact) mass is 250 g/mol. The van der Waals surface area contributed by atoms with Crippen LogP contribution in [-0.4, -0.2) is 40.5 Å². The number of aliphatic carboxylic acids is 1. The van der Waals surface area contributed by atoms with Crippen LogP contribution in [0.5, 0.6) is 0 Å². The minimum absolute atomic E-state index is 0.150. The summed E-state index contributed by atoms with van der Waals surface area (Å²) in [6, 6.07) is 1.56. The summed E-state index contributed by atoms with van der Waals surface area (Å²) in [4.78, 5) is 53.9. The van der Waals surface area contributed by atoms with Crippen molar-refractivity contribution >= 4 is 30.3 Å². The van der Waals surface area contributed by atoms with Crippen molar-refractivity contribution in [2.45, 2.75) is 0 Å². The van der Waals surface area contributed by atoms with Crippen LogP contribution in [0.2, 0.25) is 0 Å². The van der Waals surface area contributed by atoms with Gasteiger partial charge in [0.2, 0.25) is 0 Å². The average Bonchev–Trinajstić information content (AvgIpc) is 2.35. The predicted octanol–water partition coefficient (Wildman–Crippen LogP) is 0.277. The topological polar surface area (TPSA) is 126 Å². The van der Waals surface area contributed by atoms with Gasteiger partial charge < -0.3 is 10.2 Å². The lowest BCUT2D eigenvalue weighted by Crippen LogP contribution is -2.17. The van der Waals surface area contributed by atoms with Crippen molar-refractivity contribution in [3.05, 3.63) is 34.4 Å². The highest BCUT2D eigenvalue weighted by molar-refractivity contribution is 6.41. The van der Waals surface area contributed by atoms with E-state index in [2.05, 4.69) is 0 Å². The van der Waals surface area contributed by atoms with Gasteiger partial charge in [-0.1, -0.05) is 0 Å². The molecule has 0 atom stereocenters. The van der Waals surface area contributed by atoms with Crippen molar-refractivity contribution in [3.8, 4) is 0 Å². The molecule has 1 rings (SSSR count). The minimum Gasteiger partial charge on any atom is -0.478 e. The first kappa shape index (κ1) is 13.2. The number of carboxylic acid groups (broad SMARTS) is 2. The Morgan fingerprint density at radius 3 is 1.72 bits per heavy atom. The normalized spacial score (nSPS) is 9.56. The molecule has 0 heterocycles. The number of benzene rings is 1. The van der Waals surface area contributed by atoms with Crippen LogP contribution in [0.1, 0.15) is 41.4 Å². The Morgan fingerprint density at radius 2 is 1.33 bits per heavy atom. The van der Waals surface area contributed by atoms with Crippen LogP contribution in [0.3, 0.4) is 0 Å². The Bertz CT molecular complexity index is 571. The molecule has 18 heavy (non-hydrogen) atoms. The van der Waals surface area contributed by atoms with Gasteiger partial charge in [0, 0.05) is 16.7 Å². The van der Waals surface area contributed by atoms with E-state index in [1.54, 1.807) is 0 Å². The SMILES string of the molecule is O=Cc1cc(C(=O)C(=O)O)c(C=O)cc1C(=O)O. The summed E-state index contributed by atoms with van der Waals surface area (Å²) < 4.78 is 0. The molecular weight excluding hydrogens is 244 g/mol. The molecule has 7 nitrogen and oxygen atoms in total. The van der Waals surface area contributed by atoms with E-state index in [0.29, 0.717) is 0 Å². The predicted molar refractivity (Wildman–Crippen MR) is 56.1 cm³/mol. The van der Waals surface area contributed by atoms with Gasteiger partial charge in [-0.15, -0.1) is 0 Å². The first-order chi connectivity index (χ1) is 8.42. The van der Waals surface area contributed by atoms with E-state index in [4.69, 9.17) is 10.2 Å². The van der Waals surface area contributed by atoms with E-state index in [1.807, 2.05) is 0 Å². The second-order valence-electron chi connectivity index (χ2n) is 3.20. The van der Waals surface area contributed by atoms with Crippen molar-refractivity contribution < 1.29 is 34.2 Å². The van der Waals surface area contributed by atoms with Crippen LogP contribution < -0.4 is 0 Å². The summed E-state index contributed by atoms with van der Waals surface area (Å²) in [7, 11) is 0. The number of rotatable bonds is 5. The fourth-order valence-corrected chi connectivity index (χ4v) is 1.33. The summed E-state index contributed by atoms with van der Waals surface area (Å²) in [5.74, 6) is -4.66. The third-order valence-electron chi connectivity index (χ3n) is 2.14. The molecule has 2 N–H and O–H groups in total. The smallest absolute Gasteiger partial charge is 0.377 e. The van der Waals surface area contributed by atoms with Crippen LogP contribution in [0.25, 0.3) is 0 Å². The quantitative estimate of drug-likeness (QED) is 0.436. The van der Waals surface area contributed by atoms with Gasteiger partial charge in [0.25, 0.3) is 5.78 Å². The first-order valence-corrected chi connectivity index (χ1v) is 4.51.